The Morgan fingerprint density at radius 1 is 0.596 bits per heavy atom. The van der Waals surface area contributed by atoms with E-state index >= 15 is 0 Å². The van der Waals surface area contributed by atoms with Crippen molar-refractivity contribution in [1.82, 2.24) is 19.5 Å². The number of ether oxygens (including phenoxy) is 6. The fourth-order valence-electron chi connectivity index (χ4n) is 6.50. The van der Waals surface area contributed by atoms with Crippen LogP contribution in [-0.2, 0) is 54.8 Å². The number of rotatable bonds is 15. The van der Waals surface area contributed by atoms with Gasteiger partial charge >= 0.3 is 0 Å². The van der Waals surface area contributed by atoms with E-state index in [9.17, 15) is 0 Å². The molecule has 0 saturated carbocycles. The van der Waals surface area contributed by atoms with Gasteiger partial charge in [-0.25, -0.2) is 15.0 Å². The summed E-state index contributed by atoms with van der Waals surface area (Å²) in [5.74, 6) is 0.263. The van der Waals surface area contributed by atoms with Gasteiger partial charge in [0.05, 0.1) is 39.4 Å². The molecule has 7 rings (SSSR count). The number of fused-ring (bicyclic) bond motifs is 1. The van der Waals surface area contributed by atoms with Gasteiger partial charge in [-0.2, -0.15) is 0 Å². The molecule has 6 aromatic rings. The van der Waals surface area contributed by atoms with Gasteiger partial charge in [-0.1, -0.05) is 121 Å². The standard InChI is InChI=1S/C41H43N5O6/c1-47-38-37(51-25-32-20-12-5-13-21-32)36(50-24-31-18-10-4-11-19-31)35(49-23-30-16-8-3-9-17-30)33(26-48-22-29-14-6-2-7-15-29)52-41(38)46-28-45-34-39(42)43-27-44-40(34)46/h2-21,27-28,33,35-38,41H,22-26H2,1H3,(H2,42,43,44)/t33-,35-,36+,37-,38-,41-/m1/s1. The van der Waals surface area contributed by atoms with E-state index < -0.39 is 36.7 Å². The number of nitrogen functional groups attached to an aromatic ring is 1. The third-order valence-corrected chi connectivity index (χ3v) is 9.12. The molecule has 0 bridgehead atoms. The lowest BCUT2D eigenvalue weighted by Gasteiger charge is -2.36. The van der Waals surface area contributed by atoms with Gasteiger partial charge in [0.2, 0.25) is 0 Å². The maximum atomic E-state index is 7.10. The average Bonchev–Trinajstić information content (AvgIpc) is 3.59. The van der Waals surface area contributed by atoms with Crippen molar-refractivity contribution in [3.63, 3.8) is 0 Å². The quantitative estimate of drug-likeness (QED) is 0.131. The van der Waals surface area contributed by atoms with E-state index in [0.29, 0.717) is 37.6 Å². The Kier molecular flexibility index (Phi) is 11.9. The molecule has 11 heteroatoms. The zero-order valence-corrected chi connectivity index (χ0v) is 29.0. The zero-order chi connectivity index (χ0) is 35.5. The molecule has 2 aromatic heterocycles. The first-order chi connectivity index (χ1) is 25.7. The van der Waals surface area contributed by atoms with E-state index in [4.69, 9.17) is 34.2 Å². The van der Waals surface area contributed by atoms with Crippen molar-refractivity contribution in [1.29, 1.82) is 0 Å². The predicted molar refractivity (Wildman–Crippen MR) is 196 cm³/mol. The molecule has 52 heavy (non-hydrogen) atoms. The summed E-state index contributed by atoms with van der Waals surface area (Å²) in [6.45, 7) is 1.47. The molecule has 1 saturated heterocycles. The smallest absolute Gasteiger partial charge is 0.167 e. The fraction of sp³-hybridized carbons (Fsp3) is 0.293. The fourth-order valence-corrected chi connectivity index (χ4v) is 6.50. The number of nitrogens with zero attached hydrogens (tertiary/aromatic N) is 4. The molecule has 1 aliphatic rings. The SMILES string of the molecule is CO[C@@H]1[C@H](OCc2ccccc2)[C@@H](OCc2ccccc2)[C@H](OCc2ccccc2)[C@@H](COCc2ccccc2)O[C@H]1n1cnc2c(N)ncnc21. The van der Waals surface area contributed by atoms with Gasteiger partial charge in [0.25, 0.3) is 0 Å². The molecule has 0 radical (unpaired) electrons. The number of aromatic nitrogens is 4. The lowest BCUT2D eigenvalue weighted by Crippen LogP contribution is -2.51. The van der Waals surface area contributed by atoms with Crippen molar-refractivity contribution >= 4 is 17.0 Å². The second-order valence-electron chi connectivity index (χ2n) is 12.6. The highest BCUT2D eigenvalue weighted by Crippen LogP contribution is 2.37. The second kappa shape index (κ2) is 17.5. The van der Waals surface area contributed by atoms with E-state index in [1.807, 2.05) is 126 Å². The molecule has 6 atom stereocenters. The highest BCUT2D eigenvalue weighted by Gasteiger charge is 2.50. The molecular formula is C41H43N5O6. The molecule has 268 valence electrons. The Hall–Kier alpha value is -5.01. The van der Waals surface area contributed by atoms with Crippen LogP contribution in [0.5, 0.6) is 0 Å². The van der Waals surface area contributed by atoms with E-state index in [0.717, 1.165) is 22.3 Å². The van der Waals surface area contributed by atoms with Crippen molar-refractivity contribution < 1.29 is 28.4 Å². The third kappa shape index (κ3) is 8.54. The lowest BCUT2D eigenvalue weighted by atomic mass is 9.99. The molecule has 1 fully saturated rings. The number of imidazole rings is 1. The predicted octanol–water partition coefficient (Wildman–Crippen LogP) is 6.29. The molecule has 3 heterocycles. The number of methoxy groups -OCH3 is 1. The summed E-state index contributed by atoms with van der Waals surface area (Å²) in [4.78, 5) is 13.3. The van der Waals surface area contributed by atoms with Crippen molar-refractivity contribution in [2.75, 3.05) is 19.5 Å². The Bertz CT molecular complexity index is 1950. The van der Waals surface area contributed by atoms with E-state index in [-0.39, 0.29) is 12.4 Å². The molecule has 2 N–H and O–H groups in total. The normalized spacial score (nSPS) is 21.9. The van der Waals surface area contributed by atoms with Crippen LogP contribution in [0, 0.1) is 0 Å². The van der Waals surface area contributed by atoms with Gasteiger partial charge in [-0.15, -0.1) is 0 Å². The number of nitrogens with two attached hydrogens (primary N) is 1. The number of hydrogen-bond acceptors (Lipinski definition) is 10. The average molecular weight is 702 g/mol. The van der Waals surface area contributed by atoms with Crippen LogP contribution in [0.3, 0.4) is 0 Å². The first-order valence-electron chi connectivity index (χ1n) is 17.4. The first-order valence-corrected chi connectivity index (χ1v) is 17.4. The summed E-state index contributed by atoms with van der Waals surface area (Å²) in [6.07, 6.45) is -1.17. The maximum absolute atomic E-state index is 7.10. The lowest BCUT2D eigenvalue weighted by molar-refractivity contribution is -0.186. The highest BCUT2D eigenvalue weighted by molar-refractivity contribution is 5.81. The summed E-state index contributed by atoms with van der Waals surface area (Å²) < 4.78 is 42.3. The van der Waals surface area contributed by atoms with Crippen molar-refractivity contribution in [2.24, 2.45) is 0 Å². The third-order valence-electron chi connectivity index (χ3n) is 9.12. The second-order valence-corrected chi connectivity index (χ2v) is 12.6. The topological polar surface area (TPSA) is 125 Å². The highest BCUT2D eigenvalue weighted by atomic mass is 16.6. The molecule has 0 amide bonds. The van der Waals surface area contributed by atoms with E-state index in [1.165, 1.54) is 6.33 Å². The Morgan fingerprint density at radius 2 is 1.08 bits per heavy atom. The minimum atomic E-state index is -0.802. The summed E-state index contributed by atoms with van der Waals surface area (Å²) in [6, 6.07) is 40.1. The largest absolute Gasteiger partial charge is 0.382 e. The maximum Gasteiger partial charge on any atom is 0.167 e. The first kappa shape index (κ1) is 35.4. The van der Waals surface area contributed by atoms with Crippen LogP contribution in [0.2, 0.25) is 0 Å². The van der Waals surface area contributed by atoms with Crippen LogP contribution in [-0.4, -0.2) is 63.8 Å². The molecule has 0 spiro atoms. The Balaban J connectivity index is 1.31. The van der Waals surface area contributed by atoms with Crippen molar-refractivity contribution in [3.05, 3.63) is 156 Å². The van der Waals surface area contributed by atoms with Gasteiger partial charge in [-0.3, -0.25) is 4.57 Å². The number of anilines is 1. The number of benzene rings is 4. The minimum absolute atomic E-state index is 0.182. The molecule has 4 aromatic carbocycles. The minimum Gasteiger partial charge on any atom is -0.382 e. The van der Waals surface area contributed by atoms with E-state index in [1.54, 1.807) is 13.4 Å². The van der Waals surface area contributed by atoms with Gasteiger partial charge < -0.3 is 34.2 Å². The van der Waals surface area contributed by atoms with E-state index in [2.05, 4.69) is 15.0 Å². The van der Waals surface area contributed by atoms with Crippen LogP contribution in [0.1, 0.15) is 28.5 Å². The van der Waals surface area contributed by atoms with Crippen LogP contribution in [0.25, 0.3) is 11.2 Å². The zero-order valence-electron chi connectivity index (χ0n) is 29.0. The van der Waals surface area contributed by atoms with Crippen molar-refractivity contribution in [3.8, 4) is 0 Å². The van der Waals surface area contributed by atoms with Gasteiger partial charge in [0.15, 0.2) is 17.7 Å². The molecular weight excluding hydrogens is 658 g/mol. The Morgan fingerprint density at radius 3 is 1.60 bits per heavy atom. The number of hydrogen-bond donors (Lipinski definition) is 1. The van der Waals surface area contributed by atoms with Crippen LogP contribution in [0.4, 0.5) is 5.82 Å². The van der Waals surface area contributed by atoms with Crippen LogP contribution in [0.15, 0.2) is 134 Å². The summed E-state index contributed by atoms with van der Waals surface area (Å²) in [5.41, 5.74) is 11.2. The monoisotopic (exact) mass is 701 g/mol. The van der Waals surface area contributed by atoms with Crippen LogP contribution >= 0.6 is 0 Å². The Labute approximate surface area is 303 Å². The summed E-state index contributed by atoms with van der Waals surface area (Å²) in [7, 11) is 1.64. The molecule has 0 aliphatic carbocycles. The van der Waals surface area contributed by atoms with Crippen LogP contribution < -0.4 is 5.73 Å². The molecule has 11 nitrogen and oxygen atoms in total. The summed E-state index contributed by atoms with van der Waals surface area (Å²) >= 11 is 0. The van der Waals surface area contributed by atoms with Gasteiger partial charge in [-0.05, 0) is 22.3 Å². The van der Waals surface area contributed by atoms with Gasteiger partial charge in [0.1, 0.15) is 42.4 Å². The van der Waals surface area contributed by atoms with Crippen molar-refractivity contribution in [2.45, 2.75) is 63.2 Å². The molecule has 0 unspecified atom stereocenters. The van der Waals surface area contributed by atoms with Gasteiger partial charge in [0, 0.05) is 7.11 Å². The summed E-state index contributed by atoms with van der Waals surface area (Å²) in [5, 5.41) is 0. The molecule has 1 aliphatic heterocycles.